The van der Waals surface area contributed by atoms with Crippen molar-refractivity contribution in [3.8, 4) is 0 Å². The number of benzene rings is 1. The molecule has 0 aliphatic rings. The SMILES string of the molecule is Cn1cc(CC(CBr)Cc2cccc(Cl)c2)nn1. The molecule has 0 amide bonds. The summed E-state index contributed by atoms with van der Waals surface area (Å²) in [6.45, 7) is 0. The molecule has 18 heavy (non-hydrogen) atoms. The van der Waals surface area contributed by atoms with Crippen molar-refractivity contribution >= 4 is 27.5 Å². The van der Waals surface area contributed by atoms with Crippen molar-refractivity contribution in [3.63, 3.8) is 0 Å². The third-order valence-corrected chi connectivity index (χ3v) is 3.93. The number of aryl methyl sites for hydroxylation is 1. The molecule has 2 aromatic rings. The lowest BCUT2D eigenvalue weighted by Crippen LogP contribution is -2.10. The molecule has 1 unspecified atom stereocenters. The third-order valence-electron chi connectivity index (χ3n) is 2.78. The van der Waals surface area contributed by atoms with Gasteiger partial charge in [-0.25, -0.2) is 0 Å². The maximum atomic E-state index is 6.00. The molecule has 0 aliphatic carbocycles. The van der Waals surface area contributed by atoms with Gasteiger partial charge in [0.05, 0.1) is 5.69 Å². The highest BCUT2D eigenvalue weighted by Crippen LogP contribution is 2.18. The Balaban J connectivity index is 2.01. The van der Waals surface area contributed by atoms with Gasteiger partial charge in [-0.1, -0.05) is 44.9 Å². The fraction of sp³-hybridized carbons (Fsp3) is 0.385. The largest absolute Gasteiger partial charge is 0.255 e. The summed E-state index contributed by atoms with van der Waals surface area (Å²) < 4.78 is 1.74. The summed E-state index contributed by atoms with van der Waals surface area (Å²) in [6, 6.07) is 8.02. The Kier molecular flexibility index (Phi) is 4.78. The zero-order valence-corrected chi connectivity index (χ0v) is 12.5. The van der Waals surface area contributed by atoms with E-state index in [1.165, 1.54) is 5.56 Å². The van der Waals surface area contributed by atoms with Crippen LogP contribution in [0.5, 0.6) is 0 Å². The van der Waals surface area contributed by atoms with Gasteiger partial charge < -0.3 is 0 Å². The van der Waals surface area contributed by atoms with Crippen LogP contribution >= 0.6 is 27.5 Å². The first-order chi connectivity index (χ1) is 8.67. The van der Waals surface area contributed by atoms with Gasteiger partial charge in [-0.15, -0.1) is 5.10 Å². The Morgan fingerprint density at radius 2 is 2.22 bits per heavy atom. The monoisotopic (exact) mass is 327 g/mol. The zero-order valence-electron chi connectivity index (χ0n) is 10.2. The van der Waals surface area contributed by atoms with Crippen molar-refractivity contribution in [3.05, 3.63) is 46.7 Å². The Labute approximate surface area is 120 Å². The van der Waals surface area contributed by atoms with Crippen LogP contribution in [0.25, 0.3) is 0 Å². The molecule has 1 atom stereocenters. The fourth-order valence-corrected chi connectivity index (χ4v) is 2.63. The van der Waals surface area contributed by atoms with Crippen LogP contribution in [0.2, 0.25) is 5.02 Å². The first-order valence-corrected chi connectivity index (χ1v) is 7.33. The van der Waals surface area contributed by atoms with Crippen molar-refractivity contribution < 1.29 is 0 Å². The molecule has 2 rings (SSSR count). The number of rotatable bonds is 5. The molecule has 96 valence electrons. The highest BCUT2D eigenvalue weighted by molar-refractivity contribution is 9.09. The topological polar surface area (TPSA) is 30.7 Å². The van der Waals surface area contributed by atoms with Gasteiger partial charge in [0, 0.05) is 23.6 Å². The van der Waals surface area contributed by atoms with Crippen LogP contribution in [-0.2, 0) is 19.9 Å². The van der Waals surface area contributed by atoms with Crippen molar-refractivity contribution in [2.24, 2.45) is 13.0 Å². The molecule has 3 nitrogen and oxygen atoms in total. The summed E-state index contributed by atoms with van der Waals surface area (Å²) in [5, 5.41) is 9.82. The van der Waals surface area contributed by atoms with Gasteiger partial charge in [0.25, 0.3) is 0 Å². The molecule has 0 saturated heterocycles. The lowest BCUT2D eigenvalue weighted by atomic mass is 9.97. The lowest BCUT2D eigenvalue weighted by Gasteiger charge is -2.12. The van der Waals surface area contributed by atoms with E-state index >= 15 is 0 Å². The van der Waals surface area contributed by atoms with E-state index in [0.29, 0.717) is 5.92 Å². The van der Waals surface area contributed by atoms with Gasteiger partial charge in [-0.3, -0.25) is 4.68 Å². The maximum absolute atomic E-state index is 6.00. The van der Waals surface area contributed by atoms with Crippen LogP contribution in [-0.4, -0.2) is 20.3 Å². The number of aromatic nitrogens is 3. The molecule has 0 fully saturated rings. The molecule has 0 radical (unpaired) electrons. The molecule has 1 aromatic carbocycles. The highest BCUT2D eigenvalue weighted by Gasteiger charge is 2.12. The van der Waals surface area contributed by atoms with Crippen LogP contribution in [0.4, 0.5) is 0 Å². The van der Waals surface area contributed by atoms with Gasteiger partial charge in [0.2, 0.25) is 0 Å². The molecule has 0 N–H and O–H groups in total. The van der Waals surface area contributed by atoms with Gasteiger partial charge in [-0.2, -0.15) is 0 Å². The predicted octanol–water partition coefficient (Wildman–Crippen LogP) is 3.26. The van der Waals surface area contributed by atoms with E-state index in [1.54, 1.807) is 4.68 Å². The van der Waals surface area contributed by atoms with Crippen molar-refractivity contribution in [2.75, 3.05) is 5.33 Å². The first kappa shape index (κ1) is 13.6. The van der Waals surface area contributed by atoms with Crippen LogP contribution in [0, 0.1) is 5.92 Å². The van der Waals surface area contributed by atoms with E-state index in [0.717, 1.165) is 28.9 Å². The average Bonchev–Trinajstić information content (AvgIpc) is 2.74. The number of nitrogens with zero attached hydrogens (tertiary/aromatic N) is 3. The molecular formula is C13H15BrClN3. The van der Waals surface area contributed by atoms with Gasteiger partial charge >= 0.3 is 0 Å². The molecular weight excluding hydrogens is 314 g/mol. The van der Waals surface area contributed by atoms with Crippen LogP contribution in [0.1, 0.15) is 11.3 Å². The third kappa shape index (κ3) is 3.82. The number of alkyl halides is 1. The molecule has 5 heteroatoms. The summed E-state index contributed by atoms with van der Waals surface area (Å²) >= 11 is 9.57. The first-order valence-electron chi connectivity index (χ1n) is 5.83. The molecule has 0 spiro atoms. The Hall–Kier alpha value is -0.870. The highest BCUT2D eigenvalue weighted by atomic mass is 79.9. The van der Waals surface area contributed by atoms with E-state index in [1.807, 2.05) is 31.4 Å². The van der Waals surface area contributed by atoms with E-state index in [-0.39, 0.29) is 0 Å². The predicted molar refractivity (Wildman–Crippen MR) is 77.1 cm³/mol. The van der Waals surface area contributed by atoms with E-state index < -0.39 is 0 Å². The van der Waals surface area contributed by atoms with Crippen molar-refractivity contribution in [1.82, 2.24) is 15.0 Å². The summed E-state index contributed by atoms with van der Waals surface area (Å²) in [5.41, 5.74) is 2.29. The van der Waals surface area contributed by atoms with Crippen molar-refractivity contribution in [2.45, 2.75) is 12.8 Å². The number of hydrogen-bond acceptors (Lipinski definition) is 2. The minimum absolute atomic E-state index is 0.500. The fourth-order valence-electron chi connectivity index (χ4n) is 1.96. The average molecular weight is 329 g/mol. The Morgan fingerprint density at radius 1 is 1.39 bits per heavy atom. The molecule has 1 aromatic heterocycles. The normalized spacial score (nSPS) is 12.6. The van der Waals surface area contributed by atoms with Crippen LogP contribution < -0.4 is 0 Å². The summed E-state index contributed by atoms with van der Waals surface area (Å²) in [4.78, 5) is 0. The van der Waals surface area contributed by atoms with Crippen molar-refractivity contribution in [1.29, 1.82) is 0 Å². The summed E-state index contributed by atoms with van der Waals surface area (Å²) in [7, 11) is 1.89. The second-order valence-corrected chi connectivity index (χ2v) is 5.53. The van der Waals surface area contributed by atoms with Crippen LogP contribution in [0.3, 0.4) is 0 Å². The minimum Gasteiger partial charge on any atom is -0.255 e. The standard InChI is InChI=1S/C13H15BrClN3/c1-18-9-13(16-17-18)7-11(8-14)5-10-3-2-4-12(15)6-10/h2-4,6,9,11H,5,7-8H2,1H3. The second-order valence-electron chi connectivity index (χ2n) is 4.44. The van der Waals surface area contributed by atoms with Gasteiger partial charge in [0.1, 0.15) is 0 Å². The Bertz CT molecular complexity index is 512. The summed E-state index contributed by atoms with van der Waals surface area (Å²) in [5.74, 6) is 0.500. The number of hydrogen-bond donors (Lipinski definition) is 0. The second kappa shape index (κ2) is 6.34. The van der Waals surface area contributed by atoms with Gasteiger partial charge in [0.15, 0.2) is 0 Å². The smallest absolute Gasteiger partial charge is 0.0830 e. The molecule has 1 heterocycles. The summed E-state index contributed by atoms with van der Waals surface area (Å²) in [6.07, 6.45) is 3.88. The maximum Gasteiger partial charge on any atom is 0.0830 e. The van der Waals surface area contributed by atoms with Gasteiger partial charge in [-0.05, 0) is 36.5 Å². The Morgan fingerprint density at radius 3 is 2.83 bits per heavy atom. The molecule has 0 saturated carbocycles. The minimum atomic E-state index is 0.500. The molecule has 0 aliphatic heterocycles. The van der Waals surface area contributed by atoms with E-state index in [4.69, 9.17) is 11.6 Å². The van der Waals surface area contributed by atoms with E-state index in [2.05, 4.69) is 32.3 Å². The van der Waals surface area contributed by atoms with E-state index in [9.17, 15) is 0 Å². The molecule has 0 bridgehead atoms. The quantitative estimate of drug-likeness (QED) is 0.789. The lowest BCUT2D eigenvalue weighted by molar-refractivity contribution is 0.581. The van der Waals surface area contributed by atoms with Crippen LogP contribution in [0.15, 0.2) is 30.5 Å². The number of halogens is 2. The zero-order chi connectivity index (χ0) is 13.0.